The molecule has 3 nitrogen and oxygen atoms in total. The Hall–Kier alpha value is -0.570. The lowest BCUT2D eigenvalue weighted by Gasteiger charge is -2.43. The van der Waals surface area contributed by atoms with Crippen molar-refractivity contribution in [1.82, 2.24) is 10.2 Å². The Kier molecular flexibility index (Phi) is 7.72. The summed E-state index contributed by atoms with van der Waals surface area (Å²) in [6.07, 6.45) is 6.29. The minimum absolute atomic E-state index is 0.0997. The molecular weight excluding hydrogens is 260 g/mol. The second kappa shape index (κ2) is 8.77. The lowest BCUT2D eigenvalue weighted by molar-refractivity contribution is -0.148. The van der Waals surface area contributed by atoms with Crippen LogP contribution >= 0.6 is 0 Å². The van der Waals surface area contributed by atoms with Gasteiger partial charge in [-0.3, -0.25) is 4.79 Å². The van der Waals surface area contributed by atoms with Crippen molar-refractivity contribution >= 4 is 5.91 Å². The second-order valence-corrected chi connectivity index (χ2v) is 7.10. The molecule has 0 bridgehead atoms. The van der Waals surface area contributed by atoms with Crippen LogP contribution in [-0.4, -0.2) is 36.5 Å². The highest BCUT2D eigenvalue weighted by molar-refractivity contribution is 5.83. The fourth-order valence-corrected chi connectivity index (χ4v) is 3.78. The summed E-state index contributed by atoms with van der Waals surface area (Å²) in [5, 5.41) is 3.42. The van der Waals surface area contributed by atoms with Gasteiger partial charge in [0.15, 0.2) is 0 Å². The maximum Gasteiger partial charge on any atom is 0.229 e. The molecule has 0 radical (unpaired) electrons. The van der Waals surface area contributed by atoms with Gasteiger partial charge in [-0.05, 0) is 51.1 Å². The van der Waals surface area contributed by atoms with Crippen LogP contribution in [-0.2, 0) is 4.79 Å². The predicted octanol–water partition coefficient (Wildman–Crippen LogP) is 3.83. The smallest absolute Gasteiger partial charge is 0.229 e. The van der Waals surface area contributed by atoms with Crippen molar-refractivity contribution in [3.05, 3.63) is 0 Å². The van der Waals surface area contributed by atoms with Gasteiger partial charge >= 0.3 is 0 Å². The number of amides is 1. The van der Waals surface area contributed by atoms with Crippen molar-refractivity contribution in [1.29, 1.82) is 0 Å². The number of rotatable bonds is 8. The Morgan fingerprint density at radius 3 is 2.14 bits per heavy atom. The standard InChI is InChI=1S/C18H36N2O/c1-6-9-18(10-12-19-13-11-18)17(21)20(14-15(4)5)16(7-2)8-3/h15-16,19H,6-14H2,1-5H3. The summed E-state index contributed by atoms with van der Waals surface area (Å²) in [4.78, 5) is 15.6. The maximum absolute atomic E-state index is 13.4. The number of hydrogen-bond acceptors (Lipinski definition) is 2. The monoisotopic (exact) mass is 296 g/mol. The summed E-state index contributed by atoms with van der Waals surface area (Å²) in [5.41, 5.74) is -0.0997. The van der Waals surface area contributed by atoms with Crippen LogP contribution in [0.5, 0.6) is 0 Å². The lowest BCUT2D eigenvalue weighted by atomic mass is 9.73. The molecule has 21 heavy (non-hydrogen) atoms. The third kappa shape index (κ3) is 4.70. The first-order valence-corrected chi connectivity index (χ1v) is 9.02. The van der Waals surface area contributed by atoms with Gasteiger partial charge in [-0.25, -0.2) is 0 Å². The predicted molar refractivity (Wildman–Crippen MR) is 90.4 cm³/mol. The highest BCUT2D eigenvalue weighted by Gasteiger charge is 2.42. The van der Waals surface area contributed by atoms with Crippen LogP contribution in [0.25, 0.3) is 0 Å². The van der Waals surface area contributed by atoms with Crippen LogP contribution in [0.1, 0.15) is 73.1 Å². The molecule has 1 fully saturated rings. The fraction of sp³-hybridized carbons (Fsp3) is 0.944. The van der Waals surface area contributed by atoms with Crippen LogP contribution in [0.3, 0.4) is 0 Å². The number of hydrogen-bond donors (Lipinski definition) is 1. The van der Waals surface area contributed by atoms with Gasteiger partial charge in [0.25, 0.3) is 0 Å². The number of nitrogens with zero attached hydrogens (tertiary/aromatic N) is 1. The first-order valence-electron chi connectivity index (χ1n) is 9.02. The fourth-order valence-electron chi connectivity index (χ4n) is 3.78. The van der Waals surface area contributed by atoms with Crippen molar-refractivity contribution in [2.75, 3.05) is 19.6 Å². The molecule has 1 heterocycles. The Bertz CT molecular complexity index is 299. The summed E-state index contributed by atoms with van der Waals surface area (Å²) in [5.74, 6) is 0.975. The summed E-state index contributed by atoms with van der Waals surface area (Å²) in [6, 6.07) is 0.406. The molecule has 1 aliphatic heterocycles. The average molecular weight is 296 g/mol. The number of carbonyl (C=O) groups is 1. The highest BCUT2D eigenvalue weighted by atomic mass is 16.2. The summed E-state index contributed by atoms with van der Waals surface area (Å²) in [6.45, 7) is 14.0. The molecule has 1 saturated heterocycles. The van der Waals surface area contributed by atoms with Gasteiger partial charge in [-0.15, -0.1) is 0 Å². The van der Waals surface area contributed by atoms with Crippen molar-refractivity contribution in [2.24, 2.45) is 11.3 Å². The molecule has 1 rings (SSSR count). The molecule has 0 atom stereocenters. The Labute approximate surface area is 131 Å². The molecule has 0 aromatic carbocycles. The normalized spacial score (nSPS) is 18.2. The Morgan fingerprint density at radius 1 is 1.14 bits per heavy atom. The summed E-state index contributed by atoms with van der Waals surface area (Å²) in [7, 11) is 0. The van der Waals surface area contributed by atoms with Gasteiger partial charge in [-0.2, -0.15) is 0 Å². The van der Waals surface area contributed by atoms with Gasteiger partial charge in [0, 0.05) is 12.6 Å². The molecule has 1 aliphatic rings. The molecule has 124 valence electrons. The van der Waals surface area contributed by atoms with Crippen LogP contribution in [0.2, 0.25) is 0 Å². The zero-order chi connectivity index (χ0) is 15.9. The van der Waals surface area contributed by atoms with E-state index in [9.17, 15) is 4.79 Å². The number of carbonyl (C=O) groups excluding carboxylic acids is 1. The van der Waals surface area contributed by atoms with E-state index in [1.807, 2.05) is 0 Å². The molecule has 0 saturated carbocycles. The van der Waals surface area contributed by atoms with Crippen LogP contribution in [0, 0.1) is 11.3 Å². The molecule has 0 spiro atoms. The summed E-state index contributed by atoms with van der Waals surface area (Å²) < 4.78 is 0. The Balaban J connectivity index is 2.98. The van der Waals surface area contributed by atoms with Crippen LogP contribution in [0.15, 0.2) is 0 Å². The second-order valence-electron chi connectivity index (χ2n) is 7.10. The van der Waals surface area contributed by atoms with Gasteiger partial charge in [-0.1, -0.05) is 41.0 Å². The Morgan fingerprint density at radius 2 is 1.71 bits per heavy atom. The summed E-state index contributed by atoms with van der Waals surface area (Å²) >= 11 is 0. The number of piperidine rings is 1. The van der Waals surface area contributed by atoms with Crippen LogP contribution < -0.4 is 5.32 Å². The molecule has 0 unspecified atom stereocenters. The molecule has 0 aliphatic carbocycles. The quantitative estimate of drug-likeness (QED) is 0.738. The van der Waals surface area contributed by atoms with Crippen LogP contribution in [0.4, 0.5) is 0 Å². The zero-order valence-corrected chi connectivity index (χ0v) is 14.9. The molecule has 1 amide bonds. The third-order valence-electron chi connectivity index (χ3n) is 4.95. The first kappa shape index (κ1) is 18.5. The SMILES string of the molecule is CCCC1(C(=O)N(CC(C)C)C(CC)CC)CCNCC1. The average Bonchev–Trinajstić information content (AvgIpc) is 2.47. The van der Waals surface area contributed by atoms with Crippen molar-refractivity contribution in [3.63, 3.8) is 0 Å². The maximum atomic E-state index is 13.4. The van der Waals surface area contributed by atoms with E-state index in [4.69, 9.17) is 0 Å². The number of nitrogens with one attached hydrogen (secondary N) is 1. The largest absolute Gasteiger partial charge is 0.339 e. The van der Waals surface area contributed by atoms with E-state index >= 15 is 0 Å². The van der Waals surface area contributed by atoms with Crippen molar-refractivity contribution < 1.29 is 4.79 Å². The zero-order valence-electron chi connectivity index (χ0n) is 14.9. The van der Waals surface area contributed by atoms with Crippen molar-refractivity contribution in [3.8, 4) is 0 Å². The molecular formula is C18H36N2O. The minimum Gasteiger partial charge on any atom is -0.339 e. The third-order valence-corrected chi connectivity index (χ3v) is 4.95. The van der Waals surface area contributed by atoms with E-state index in [0.717, 1.165) is 58.2 Å². The molecule has 0 aromatic rings. The molecule has 1 N–H and O–H groups in total. The topological polar surface area (TPSA) is 32.3 Å². The van der Waals surface area contributed by atoms with E-state index in [0.29, 0.717) is 17.9 Å². The molecule has 3 heteroatoms. The molecule has 0 aromatic heterocycles. The van der Waals surface area contributed by atoms with E-state index in [-0.39, 0.29) is 5.41 Å². The lowest BCUT2D eigenvalue weighted by Crippen LogP contribution is -2.53. The van der Waals surface area contributed by atoms with E-state index in [1.54, 1.807) is 0 Å². The van der Waals surface area contributed by atoms with Gasteiger partial charge in [0.1, 0.15) is 0 Å². The van der Waals surface area contributed by atoms with Gasteiger partial charge < -0.3 is 10.2 Å². The minimum atomic E-state index is -0.0997. The van der Waals surface area contributed by atoms with Gasteiger partial charge in [0.05, 0.1) is 5.41 Å². The van der Waals surface area contributed by atoms with E-state index in [1.165, 1.54) is 0 Å². The van der Waals surface area contributed by atoms with E-state index in [2.05, 4.69) is 44.8 Å². The van der Waals surface area contributed by atoms with Gasteiger partial charge in [0.2, 0.25) is 5.91 Å². The first-order chi connectivity index (χ1) is 10.0. The van der Waals surface area contributed by atoms with E-state index < -0.39 is 0 Å². The van der Waals surface area contributed by atoms with Crippen molar-refractivity contribution in [2.45, 2.75) is 79.2 Å². The highest BCUT2D eigenvalue weighted by Crippen LogP contribution is 2.37.